The van der Waals surface area contributed by atoms with Gasteiger partial charge in [-0.3, -0.25) is 4.79 Å². The summed E-state index contributed by atoms with van der Waals surface area (Å²) in [6.45, 7) is 5.83. The Morgan fingerprint density at radius 2 is 2.00 bits per heavy atom. The lowest BCUT2D eigenvalue weighted by Gasteiger charge is -2.10. The van der Waals surface area contributed by atoms with Crippen LogP contribution in [0.5, 0.6) is 0 Å². The second kappa shape index (κ2) is 5.73. The highest BCUT2D eigenvalue weighted by Crippen LogP contribution is 2.18. The lowest BCUT2D eigenvalue weighted by Crippen LogP contribution is -2.14. The van der Waals surface area contributed by atoms with E-state index < -0.39 is 0 Å². The fraction of sp³-hybridized carbons (Fsp3) is 0.357. The molecule has 0 atom stereocenters. The molecule has 0 aromatic carbocycles. The van der Waals surface area contributed by atoms with Gasteiger partial charge in [-0.15, -0.1) is 0 Å². The number of nitrogens with one attached hydrogen (secondary N) is 2. The first-order chi connectivity index (χ1) is 9.49. The van der Waals surface area contributed by atoms with Gasteiger partial charge < -0.3 is 15.2 Å². The zero-order valence-corrected chi connectivity index (χ0v) is 12.0. The van der Waals surface area contributed by atoms with Crippen LogP contribution in [0.25, 0.3) is 0 Å². The molecule has 0 saturated carbocycles. The predicted molar refractivity (Wildman–Crippen MR) is 77.1 cm³/mol. The summed E-state index contributed by atoms with van der Waals surface area (Å²) in [6, 6.07) is 5.16. The molecule has 0 bridgehead atoms. The van der Waals surface area contributed by atoms with Gasteiger partial charge in [-0.2, -0.15) is 0 Å². The molecule has 20 heavy (non-hydrogen) atoms. The van der Waals surface area contributed by atoms with Crippen LogP contribution in [-0.4, -0.2) is 23.1 Å². The Balaban J connectivity index is 2.26. The number of hydrogen-bond donors (Lipinski definition) is 2. The van der Waals surface area contributed by atoms with Crippen LogP contribution in [0.4, 0.5) is 11.6 Å². The molecule has 0 aliphatic heterocycles. The Hall–Kier alpha value is -2.37. The maximum absolute atomic E-state index is 12.2. The molecule has 0 saturated heterocycles. The molecular formula is C14H18N4O2. The van der Waals surface area contributed by atoms with Gasteiger partial charge in [-0.25, -0.2) is 4.98 Å². The summed E-state index contributed by atoms with van der Waals surface area (Å²) in [5.74, 6) is 1.72. The number of hydrogen-bond acceptors (Lipinski definition) is 5. The molecule has 0 fully saturated rings. The number of nitrogens with zero attached hydrogens (tertiary/aromatic N) is 2. The van der Waals surface area contributed by atoms with Crippen molar-refractivity contribution in [1.82, 2.24) is 10.1 Å². The highest BCUT2D eigenvalue weighted by Gasteiger charge is 2.13. The van der Waals surface area contributed by atoms with Gasteiger partial charge in [-0.1, -0.05) is 19.0 Å². The van der Waals surface area contributed by atoms with Crippen molar-refractivity contribution in [3.8, 4) is 0 Å². The molecule has 0 aliphatic rings. The van der Waals surface area contributed by atoms with Gasteiger partial charge in [0.25, 0.3) is 5.91 Å². The fourth-order valence-electron chi connectivity index (χ4n) is 1.72. The Morgan fingerprint density at radius 1 is 1.25 bits per heavy atom. The number of amides is 1. The lowest BCUT2D eigenvalue weighted by molar-refractivity contribution is 0.102. The minimum atomic E-state index is -0.237. The number of pyridine rings is 1. The molecule has 0 unspecified atom stereocenters. The topological polar surface area (TPSA) is 80.0 Å². The zero-order valence-electron chi connectivity index (χ0n) is 12.0. The number of aryl methyl sites for hydroxylation is 1. The van der Waals surface area contributed by atoms with E-state index in [1.165, 1.54) is 0 Å². The van der Waals surface area contributed by atoms with Crippen molar-refractivity contribution in [3.05, 3.63) is 35.2 Å². The van der Waals surface area contributed by atoms with E-state index in [4.69, 9.17) is 4.52 Å². The fourth-order valence-corrected chi connectivity index (χ4v) is 1.72. The summed E-state index contributed by atoms with van der Waals surface area (Å²) in [5.41, 5.74) is 1.40. The molecule has 2 aromatic heterocycles. The molecule has 1 amide bonds. The van der Waals surface area contributed by atoms with Crippen LogP contribution >= 0.6 is 0 Å². The second-order valence-electron chi connectivity index (χ2n) is 4.85. The average Bonchev–Trinajstić information content (AvgIpc) is 2.83. The van der Waals surface area contributed by atoms with Crippen LogP contribution in [0.1, 0.15) is 41.6 Å². The largest absolute Gasteiger partial charge is 0.373 e. The van der Waals surface area contributed by atoms with Crippen LogP contribution < -0.4 is 10.6 Å². The van der Waals surface area contributed by atoms with E-state index in [0.29, 0.717) is 23.0 Å². The van der Waals surface area contributed by atoms with E-state index in [1.807, 2.05) is 13.8 Å². The zero-order chi connectivity index (χ0) is 14.7. The van der Waals surface area contributed by atoms with Crippen molar-refractivity contribution in [2.75, 3.05) is 17.7 Å². The summed E-state index contributed by atoms with van der Waals surface area (Å²) in [4.78, 5) is 16.6. The third-order valence-electron chi connectivity index (χ3n) is 2.82. The van der Waals surface area contributed by atoms with Crippen LogP contribution in [0.2, 0.25) is 0 Å². The number of carbonyl (C=O) groups excluding carboxylic acids is 1. The van der Waals surface area contributed by atoms with Gasteiger partial charge >= 0.3 is 0 Å². The first kappa shape index (κ1) is 14.0. The smallest absolute Gasteiger partial charge is 0.257 e. The molecule has 106 valence electrons. The van der Waals surface area contributed by atoms with Crippen molar-refractivity contribution in [2.24, 2.45) is 0 Å². The van der Waals surface area contributed by atoms with Crippen molar-refractivity contribution in [2.45, 2.75) is 26.7 Å². The Morgan fingerprint density at radius 3 is 2.55 bits per heavy atom. The van der Waals surface area contributed by atoms with Gasteiger partial charge in [0.2, 0.25) is 0 Å². The maximum Gasteiger partial charge on any atom is 0.257 e. The van der Waals surface area contributed by atoms with Gasteiger partial charge in [0.05, 0.1) is 0 Å². The Kier molecular flexibility index (Phi) is 4.02. The SMILES string of the molecule is CNc1cc(C(=O)Nc2cc(C)on2)cc(C(C)C)n1. The average molecular weight is 274 g/mol. The van der Waals surface area contributed by atoms with E-state index >= 15 is 0 Å². The summed E-state index contributed by atoms with van der Waals surface area (Å²) in [7, 11) is 1.77. The number of carbonyl (C=O) groups is 1. The molecule has 6 heteroatoms. The quantitative estimate of drug-likeness (QED) is 0.896. The summed E-state index contributed by atoms with van der Waals surface area (Å²) in [6.07, 6.45) is 0. The molecule has 2 aromatic rings. The van der Waals surface area contributed by atoms with Crippen molar-refractivity contribution >= 4 is 17.5 Å². The van der Waals surface area contributed by atoms with Crippen LogP contribution in [0, 0.1) is 6.92 Å². The van der Waals surface area contributed by atoms with E-state index in [-0.39, 0.29) is 11.8 Å². The third kappa shape index (κ3) is 3.14. The minimum absolute atomic E-state index is 0.237. The van der Waals surface area contributed by atoms with Gasteiger partial charge in [0.1, 0.15) is 11.6 Å². The molecule has 2 rings (SSSR count). The molecule has 6 nitrogen and oxygen atoms in total. The molecule has 0 radical (unpaired) electrons. The van der Waals surface area contributed by atoms with Crippen molar-refractivity contribution in [3.63, 3.8) is 0 Å². The van der Waals surface area contributed by atoms with E-state index in [9.17, 15) is 4.79 Å². The van der Waals surface area contributed by atoms with Crippen molar-refractivity contribution < 1.29 is 9.32 Å². The molecule has 2 N–H and O–H groups in total. The lowest BCUT2D eigenvalue weighted by atomic mass is 10.1. The Bertz CT molecular complexity index is 619. The monoisotopic (exact) mass is 274 g/mol. The minimum Gasteiger partial charge on any atom is -0.373 e. The van der Waals surface area contributed by atoms with E-state index in [1.54, 1.807) is 32.2 Å². The summed E-state index contributed by atoms with van der Waals surface area (Å²) in [5, 5.41) is 9.40. The standard InChI is InChI=1S/C14H18N4O2/c1-8(2)11-6-10(7-12(15-4)16-11)14(19)17-13-5-9(3)20-18-13/h5-8H,1-4H3,(H,15,16)(H,17,18,19). The maximum atomic E-state index is 12.2. The summed E-state index contributed by atoms with van der Waals surface area (Å²) >= 11 is 0. The molecule has 2 heterocycles. The second-order valence-corrected chi connectivity index (χ2v) is 4.85. The van der Waals surface area contributed by atoms with E-state index in [0.717, 1.165) is 5.69 Å². The first-order valence-electron chi connectivity index (χ1n) is 6.44. The van der Waals surface area contributed by atoms with Gasteiger partial charge in [-0.05, 0) is 25.0 Å². The van der Waals surface area contributed by atoms with Crippen LogP contribution in [-0.2, 0) is 0 Å². The number of rotatable bonds is 4. The number of aromatic nitrogens is 2. The van der Waals surface area contributed by atoms with Crippen LogP contribution in [0.15, 0.2) is 22.7 Å². The predicted octanol–water partition coefficient (Wildman–Crippen LogP) is 2.80. The number of anilines is 2. The normalized spacial score (nSPS) is 10.7. The van der Waals surface area contributed by atoms with E-state index in [2.05, 4.69) is 20.8 Å². The molecular weight excluding hydrogens is 256 g/mol. The first-order valence-corrected chi connectivity index (χ1v) is 6.44. The van der Waals surface area contributed by atoms with Crippen molar-refractivity contribution in [1.29, 1.82) is 0 Å². The van der Waals surface area contributed by atoms with Gasteiger partial charge in [0.15, 0.2) is 5.82 Å². The van der Waals surface area contributed by atoms with Gasteiger partial charge in [0, 0.05) is 24.4 Å². The van der Waals surface area contributed by atoms with Crippen LogP contribution in [0.3, 0.4) is 0 Å². The summed E-state index contributed by atoms with van der Waals surface area (Å²) < 4.78 is 4.92. The Labute approximate surface area is 117 Å². The molecule has 0 spiro atoms. The molecule has 0 aliphatic carbocycles. The highest BCUT2D eigenvalue weighted by atomic mass is 16.5. The highest BCUT2D eigenvalue weighted by molar-refractivity contribution is 6.04. The third-order valence-corrected chi connectivity index (χ3v) is 2.82.